The Hall–Kier alpha value is -2.24. The maximum absolute atomic E-state index is 12.1. The fraction of sp³-hybridized carbons (Fsp3) is 0.467. The first-order valence-electron chi connectivity index (χ1n) is 7.28. The second kappa shape index (κ2) is 6.03. The zero-order chi connectivity index (χ0) is 14.7. The topological polar surface area (TPSA) is 72.7 Å². The van der Waals surface area contributed by atoms with Crippen LogP contribution in [0, 0.1) is 12.8 Å². The minimum absolute atomic E-state index is 0.0331. The zero-order valence-corrected chi connectivity index (χ0v) is 12.1. The highest BCUT2D eigenvalue weighted by Crippen LogP contribution is 2.40. The third-order valence-electron chi connectivity index (χ3n) is 3.67. The number of pyridine rings is 1. The van der Waals surface area contributed by atoms with Crippen molar-refractivity contribution in [2.75, 3.05) is 0 Å². The van der Waals surface area contributed by atoms with Crippen LogP contribution >= 0.6 is 0 Å². The second-order valence-electron chi connectivity index (χ2n) is 5.50. The lowest BCUT2D eigenvalue weighted by Crippen LogP contribution is -2.31. The molecule has 6 nitrogen and oxygen atoms in total. The number of rotatable bonds is 6. The maximum Gasteiger partial charge on any atom is 0.222 e. The number of amides is 1. The smallest absolute Gasteiger partial charge is 0.222 e. The summed E-state index contributed by atoms with van der Waals surface area (Å²) in [4.78, 5) is 20.6. The van der Waals surface area contributed by atoms with E-state index in [0.29, 0.717) is 18.9 Å². The van der Waals surface area contributed by atoms with Crippen molar-refractivity contribution in [3.8, 4) is 0 Å². The summed E-state index contributed by atoms with van der Waals surface area (Å²) in [6.07, 6.45) is 5.81. The minimum atomic E-state index is 0.0331. The van der Waals surface area contributed by atoms with Crippen LogP contribution in [-0.4, -0.2) is 25.7 Å². The fourth-order valence-electron chi connectivity index (χ4n) is 2.41. The number of carbonyl (C=O) groups excluding carboxylic acids is 1. The first-order chi connectivity index (χ1) is 10.2. The number of aryl methyl sites for hydroxylation is 2. The van der Waals surface area contributed by atoms with Crippen molar-refractivity contribution >= 4 is 5.91 Å². The van der Waals surface area contributed by atoms with Gasteiger partial charge in [0.05, 0.1) is 18.3 Å². The summed E-state index contributed by atoms with van der Waals surface area (Å²) in [6, 6.07) is 6.00. The molecule has 6 heteroatoms. The molecule has 0 unspecified atom stereocenters. The molecule has 1 atom stereocenters. The molecule has 110 valence electrons. The van der Waals surface area contributed by atoms with Gasteiger partial charge in [0.15, 0.2) is 0 Å². The van der Waals surface area contributed by atoms with Gasteiger partial charge in [0.2, 0.25) is 5.91 Å². The highest BCUT2D eigenvalue weighted by atomic mass is 16.1. The van der Waals surface area contributed by atoms with Gasteiger partial charge in [-0.05, 0) is 37.8 Å². The summed E-state index contributed by atoms with van der Waals surface area (Å²) in [5.74, 6) is 0.556. The number of nitrogens with one attached hydrogen (secondary N) is 1. The van der Waals surface area contributed by atoms with Crippen molar-refractivity contribution in [2.24, 2.45) is 5.92 Å². The average Bonchev–Trinajstić information content (AvgIpc) is 3.18. The monoisotopic (exact) mass is 285 g/mol. The van der Waals surface area contributed by atoms with Crippen LogP contribution in [0.2, 0.25) is 0 Å². The van der Waals surface area contributed by atoms with Gasteiger partial charge in [-0.25, -0.2) is 4.98 Å². The van der Waals surface area contributed by atoms with Gasteiger partial charge >= 0.3 is 0 Å². The third-order valence-corrected chi connectivity index (χ3v) is 3.67. The van der Waals surface area contributed by atoms with Gasteiger partial charge in [-0.1, -0.05) is 6.07 Å². The average molecular weight is 285 g/mol. The molecule has 1 N–H and O–H groups in total. The molecular weight excluding hydrogens is 266 g/mol. The van der Waals surface area contributed by atoms with E-state index in [-0.39, 0.29) is 11.9 Å². The fourth-order valence-corrected chi connectivity index (χ4v) is 2.41. The quantitative estimate of drug-likeness (QED) is 0.875. The van der Waals surface area contributed by atoms with Gasteiger partial charge in [-0.15, -0.1) is 0 Å². The van der Waals surface area contributed by atoms with Crippen molar-refractivity contribution in [3.63, 3.8) is 0 Å². The summed E-state index contributed by atoms with van der Waals surface area (Å²) in [5.41, 5.74) is 1.95. The number of carbonyl (C=O) groups is 1. The lowest BCUT2D eigenvalue weighted by molar-refractivity contribution is -0.122. The van der Waals surface area contributed by atoms with Gasteiger partial charge in [0.1, 0.15) is 12.7 Å². The van der Waals surface area contributed by atoms with Gasteiger partial charge in [0, 0.05) is 12.1 Å². The molecule has 0 saturated heterocycles. The molecule has 1 saturated carbocycles. The van der Waals surface area contributed by atoms with Crippen molar-refractivity contribution in [2.45, 2.75) is 38.8 Å². The van der Waals surface area contributed by atoms with Crippen molar-refractivity contribution in [3.05, 3.63) is 42.2 Å². The van der Waals surface area contributed by atoms with Crippen molar-refractivity contribution < 1.29 is 4.79 Å². The van der Waals surface area contributed by atoms with Crippen LogP contribution in [0.3, 0.4) is 0 Å². The zero-order valence-electron chi connectivity index (χ0n) is 12.1. The predicted octanol–water partition coefficient (Wildman–Crippen LogP) is 1.64. The Labute approximate surface area is 123 Å². The Kier molecular flexibility index (Phi) is 3.94. The third kappa shape index (κ3) is 3.65. The first kappa shape index (κ1) is 13.7. The van der Waals surface area contributed by atoms with Crippen molar-refractivity contribution in [1.82, 2.24) is 25.1 Å². The first-order valence-corrected chi connectivity index (χ1v) is 7.28. The molecule has 2 aromatic rings. The molecule has 2 heterocycles. The van der Waals surface area contributed by atoms with Crippen LogP contribution in [-0.2, 0) is 11.3 Å². The molecule has 1 aliphatic carbocycles. The van der Waals surface area contributed by atoms with E-state index in [1.54, 1.807) is 11.0 Å². The van der Waals surface area contributed by atoms with E-state index in [0.717, 1.165) is 24.2 Å². The van der Waals surface area contributed by atoms with Gasteiger partial charge in [0.25, 0.3) is 0 Å². The molecule has 0 aromatic carbocycles. The molecule has 3 rings (SSSR count). The van der Waals surface area contributed by atoms with Crippen LogP contribution < -0.4 is 5.32 Å². The van der Waals surface area contributed by atoms with E-state index in [1.165, 1.54) is 6.33 Å². The van der Waals surface area contributed by atoms with Gasteiger partial charge in [-0.2, -0.15) is 5.10 Å². The second-order valence-corrected chi connectivity index (χ2v) is 5.50. The Balaban J connectivity index is 1.61. The van der Waals surface area contributed by atoms with Gasteiger partial charge in [-0.3, -0.25) is 14.5 Å². The van der Waals surface area contributed by atoms with E-state index >= 15 is 0 Å². The largest absolute Gasteiger partial charge is 0.347 e. The highest BCUT2D eigenvalue weighted by molar-refractivity contribution is 5.76. The van der Waals surface area contributed by atoms with E-state index in [2.05, 4.69) is 20.4 Å². The summed E-state index contributed by atoms with van der Waals surface area (Å²) in [7, 11) is 0. The summed E-state index contributed by atoms with van der Waals surface area (Å²) in [5, 5.41) is 7.12. The SMILES string of the molecule is Cc1cccc([C@H](NC(=O)CCn2cncn2)C2CC2)n1. The number of aromatic nitrogens is 4. The van der Waals surface area contributed by atoms with Crippen LogP contribution in [0.25, 0.3) is 0 Å². The molecule has 1 aliphatic rings. The maximum atomic E-state index is 12.1. The lowest BCUT2D eigenvalue weighted by atomic mass is 10.1. The minimum Gasteiger partial charge on any atom is -0.347 e. The van der Waals surface area contributed by atoms with Crippen LogP contribution in [0.4, 0.5) is 0 Å². The van der Waals surface area contributed by atoms with Crippen LogP contribution in [0.5, 0.6) is 0 Å². The van der Waals surface area contributed by atoms with Gasteiger partial charge < -0.3 is 5.32 Å². The molecule has 0 aliphatic heterocycles. The van der Waals surface area contributed by atoms with E-state index in [4.69, 9.17) is 0 Å². The highest BCUT2D eigenvalue weighted by Gasteiger charge is 2.34. The molecule has 0 radical (unpaired) electrons. The Morgan fingerprint density at radius 1 is 1.48 bits per heavy atom. The standard InChI is InChI=1S/C15H19N5O/c1-11-3-2-4-13(18-11)15(12-5-6-12)19-14(21)7-8-20-10-16-9-17-20/h2-4,9-10,12,15H,5-8H2,1H3,(H,19,21)/t15-/m1/s1. The van der Waals surface area contributed by atoms with Crippen LogP contribution in [0.15, 0.2) is 30.9 Å². The number of nitrogens with zero attached hydrogens (tertiary/aromatic N) is 4. The van der Waals surface area contributed by atoms with E-state index in [9.17, 15) is 4.79 Å². The normalized spacial score (nSPS) is 15.7. The molecule has 21 heavy (non-hydrogen) atoms. The summed E-state index contributed by atoms with van der Waals surface area (Å²) in [6.45, 7) is 2.52. The molecule has 2 aromatic heterocycles. The molecule has 1 amide bonds. The summed E-state index contributed by atoms with van der Waals surface area (Å²) >= 11 is 0. The molecular formula is C15H19N5O. The molecule has 0 spiro atoms. The number of hydrogen-bond acceptors (Lipinski definition) is 4. The van der Waals surface area contributed by atoms with E-state index in [1.807, 2.05) is 25.1 Å². The number of hydrogen-bond donors (Lipinski definition) is 1. The molecule has 1 fully saturated rings. The lowest BCUT2D eigenvalue weighted by Gasteiger charge is -2.18. The summed E-state index contributed by atoms with van der Waals surface area (Å²) < 4.78 is 1.66. The molecule has 0 bridgehead atoms. The Bertz CT molecular complexity index is 606. The van der Waals surface area contributed by atoms with Crippen LogP contribution in [0.1, 0.15) is 36.7 Å². The van der Waals surface area contributed by atoms with Crippen molar-refractivity contribution in [1.29, 1.82) is 0 Å². The Morgan fingerprint density at radius 3 is 3.00 bits per heavy atom. The van der Waals surface area contributed by atoms with E-state index < -0.39 is 0 Å². The Morgan fingerprint density at radius 2 is 2.33 bits per heavy atom. The predicted molar refractivity (Wildman–Crippen MR) is 77.2 cm³/mol.